The van der Waals surface area contributed by atoms with Gasteiger partial charge >= 0.3 is 0 Å². The maximum absolute atomic E-state index is 12.9. The van der Waals surface area contributed by atoms with Gasteiger partial charge in [-0.3, -0.25) is 9.78 Å². The lowest BCUT2D eigenvalue weighted by atomic mass is 10.0. The summed E-state index contributed by atoms with van der Waals surface area (Å²) in [5.74, 6) is 0.783. The van der Waals surface area contributed by atoms with E-state index < -0.39 is 0 Å². The van der Waals surface area contributed by atoms with E-state index in [1.54, 1.807) is 6.20 Å². The summed E-state index contributed by atoms with van der Waals surface area (Å²) in [6, 6.07) is 15.5. The first-order valence-corrected chi connectivity index (χ1v) is 10.3. The molecule has 0 radical (unpaired) electrons. The Hall–Kier alpha value is -3.25. The van der Waals surface area contributed by atoms with Crippen molar-refractivity contribution in [2.24, 2.45) is 0 Å². The van der Waals surface area contributed by atoms with Crippen LogP contribution in [-0.2, 0) is 0 Å². The molecule has 6 nitrogen and oxygen atoms in total. The molecule has 0 saturated carbocycles. The van der Waals surface area contributed by atoms with Crippen LogP contribution in [-0.4, -0.2) is 54.0 Å². The number of likely N-dealkylation sites (N-methyl/N-ethyl adjacent to an activating group) is 1. The number of amides is 1. The number of carbonyl (C=O) groups excluding carboxylic acids is 1. The van der Waals surface area contributed by atoms with Crippen LogP contribution in [0.3, 0.4) is 0 Å². The molecule has 3 aromatic rings. The quantitative estimate of drug-likeness (QED) is 0.721. The Morgan fingerprint density at radius 2 is 1.80 bits per heavy atom. The van der Waals surface area contributed by atoms with Crippen molar-refractivity contribution in [3.63, 3.8) is 0 Å². The summed E-state index contributed by atoms with van der Waals surface area (Å²) in [6.07, 6.45) is 1.77. The number of rotatable bonds is 4. The summed E-state index contributed by atoms with van der Waals surface area (Å²) >= 11 is 0. The van der Waals surface area contributed by atoms with Crippen LogP contribution in [0.25, 0.3) is 11.3 Å². The van der Waals surface area contributed by atoms with Crippen LogP contribution in [0.1, 0.15) is 21.6 Å². The Morgan fingerprint density at radius 1 is 1.00 bits per heavy atom. The average Bonchev–Trinajstić information content (AvgIpc) is 2.76. The van der Waals surface area contributed by atoms with Crippen LogP contribution in [0.4, 0.5) is 11.5 Å². The Morgan fingerprint density at radius 3 is 2.50 bits per heavy atom. The molecule has 3 heterocycles. The van der Waals surface area contributed by atoms with Gasteiger partial charge in [-0.25, -0.2) is 4.98 Å². The molecule has 0 atom stereocenters. The molecular formula is C24H27N5O. The van der Waals surface area contributed by atoms with Crippen LogP contribution in [0.15, 0.2) is 54.7 Å². The van der Waals surface area contributed by atoms with E-state index in [9.17, 15) is 4.79 Å². The summed E-state index contributed by atoms with van der Waals surface area (Å²) in [5.41, 5.74) is 5.08. The molecule has 1 aliphatic heterocycles. The Labute approximate surface area is 177 Å². The third-order valence-electron chi connectivity index (χ3n) is 5.58. The number of nitrogens with zero attached hydrogens (tertiary/aromatic N) is 4. The molecule has 6 heteroatoms. The highest BCUT2D eigenvalue weighted by molar-refractivity contribution is 6.05. The second-order valence-corrected chi connectivity index (χ2v) is 7.79. The van der Waals surface area contributed by atoms with Crippen molar-refractivity contribution in [3.8, 4) is 11.3 Å². The third kappa shape index (κ3) is 4.33. The number of carbonyl (C=O) groups is 1. The van der Waals surface area contributed by atoms with E-state index >= 15 is 0 Å². The van der Waals surface area contributed by atoms with Crippen molar-refractivity contribution >= 4 is 17.4 Å². The predicted octanol–water partition coefficient (Wildman–Crippen LogP) is 3.76. The van der Waals surface area contributed by atoms with Gasteiger partial charge in [0, 0.05) is 43.6 Å². The minimum absolute atomic E-state index is 0.152. The van der Waals surface area contributed by atoms with E-state index in [0.29, 0.717) is 5.56 Å². The van der Waals surface area contributed by atoms with Gasteiger partial charge in [-0.15, -0.1) is 0 Å². The van der Waals surface area contributed by atoms with Crippen molar-refractivity contribution in [1.82, 2.24) is 14.9 Å². The highest BCUT2D eigenvalue weighted by Gasteiger charge is 2.18. The molecule has 1 aliphatic rings. The van der Waals surface area contributed by atoms with Gasteiger partial charge in [-0.2, -0.15) is 0 Å². The second kappa shape index (κ2) is 8.63. The van der Waals surface area contributed by atoms with E-state index in [0.717, 1.165) is 60.2 Å². The summed E-state index contributed by atoms with van der Waals surface area (Å²) in [7, 11) is 2.13. The second-order valence-electron chi connectivity index (χ2n) is 7.79. The molecule has 0 unspecified atom stereocenters. The lowest BCUT2D eigenvalue weighted by Gasteiger charge is -2.33. The third-order valence-corrected chi connectivity index (χ3v) is 5.58. The lowest BCUT2D eigenvalue weighted by Crippen LogP contribution is -2.44. The lowest BCUT2D eigenvalue weighted by molar-refractivity contribution is 0.102. The first kappa shape index (κ1) is 20.0. The maximum Gasteiger partial charge on any atom is 0.257 e. The number of hydrogen-bond acceptors (Lipinski definition) is 5. The van der Waals surface area contributed by atoms with Crippen LogP contribution in [0.5, 0.6) is 0 Å². The summed E-state index contributed by atoms with van der Waals surface area (Å²) in [6.45, 7) is 7.88. The summed E-state index contributed by atoms with van der Waals surface area (Å²) in [4.78, 5) is 26.6. The van der Waals surface area contributed by atoms with E-state index in [1.165, 1.54) is 0 Å². The molecule has 1 saturated heterocycles. The van der Waals surface area contributed by atoms with E-state index in [4.69, 9.17) is 4.98 Å². The fraction of sp³-hybridized carbons (Fsp3) is 0.292. The largest absolute Gasteiger partial charge is 0.354 e. The molecule has 0 bridgehead atoms. The van der Waals surface area contributed by atoms with Crippen LogP contribution < -0.4 is 10.2 Å². The van der Waals surface area contributed by atoms with Crippen molar-refractivity contribution < 1.29 is 4.79 Å². The molecule has 1 aromatic carbocycles. The molecule has 30 heavy (non-hydrogen) atoms. The molecule has 154 valence electrons. The number of pyridine rings is 2. The first-order chi connectivity index (χ1) is 14.5. The predicted molar refractivity (Wildman–Crippen MR) is 121 cm³/mol. The fourth-order valence-electron chi connectivity index (χ4n) is 3.70. The molecular weight excluding hydrogens is 374 g/mol. The first-order valence-electron chi connectivity index (χ1n) is 10.3. The van der Waals surface area contributed by atoms with Crippen molar-refractivity contribution in [3.05, 3.63) is 71.5 Å². The zero-order chi connectivity index (χ0) is 21.1. The normalized spacial score (nSPS) is 14.6. The van der Waals surface area contributed by atoms with Gasteiger partial charge in [0.2, 0.25) is 0 Å². The van der Waals surface area contributed by atoms with Gasteiger partial charge in [0.25, 0.3) is 5.91 Å². The Balaban J connectivity index is 1.52. The van der Waals surface area contributed by atoms with Gasteiger partial charge in [0.05, 0.1) is 17.0 Å². The molecule has 0 spiro atoms. The summed E-state index contributed by atoms with van der Waals surface area (Å²) < 4.78 is 0. The van der Waals surface area contributed by atoms with Gasteiger partial charge in [0.15, 0.2) is 0 Å². The number of aryl methyl sites for hydroxylation is 2. The maximum atomic E-state index is 12.9. The topological polar surface area (TPSA) is 61.4 Å². The van der Waals surface area contributed by atoms with Crippen molar-refractivity contribution in [1.29, 1.82) is 0 Å². The fourth-order valence-corrected chi connectivity index (χ4v) is 3.70. The smallest absolute Gasteiger partial charge is 0.257 e. The monoisotopic (exact) mass is 401 g/mol. The Kier molecular flexibility index (Phi) is 5.77. The minimum Gasteiger partial charge on any atom is -0.354 e. The number of hydrogen-bond donors (Lipinski definition) is 1. The van der Waals surface area contributed by atoms with E-state index in [2.05, 4.69) is 27.1 Å². The molecule has 1 fully saturated rings. The molecule has 2 aromatic heterocycles. The van der Waals surface area contributed by atoms with E-state index in [-0.39, 0.29) is 5.91 Å². The molecule has 0 aliphatic carbocycles. The SMILES string of the molecule is Cc1ccc(NC(=O)c2ccc(N3CCN(C)CC3)nc2C)cc1-c1ccccn1. The minimum atomic E-state index is -0.152. The van der Waals surface area contributed by atoms with Crippen LogP contribution in [0, 0.1) is 13.8 Å². The highest BCUT2D eigenvalue weighted by Crippen LogP contribution is 2.25. The molecule has 4 rings (SSSR count). The summed E-state index contributed by atoms with van der Waals surface area (Å²) in [5, 5.41) is 3.01. The highest BCUT2D eigenvalue weighted by atomic mass is 16.1. The number of piperazine rings is 1. The molecule has 1 N–H and O–H groups in total. The number of aromatic nitrogens is 2. The zero-order valence-electron chi connectivity index (χ0n) is 17.7. The van der Waals surface area contributed by atoms with Gasteiger partial charge in [-0.1, -0.05) is 12.1 Å². The van der Waals surface area contributed by atoms with Crippen molar-refractivity contribution in [2.45, 2.75) is 13.8 Å². The number of anilines is 2. The average molecular weight is 402 g/mol. The standard InChI is InChI=1S/C24H27N5O/c1-17-7-8-19(16-21(17)22-6-4-5-11-25-22)27-24(30)20-9-10-23(26-18(20)2)29-14-12-28(3)13-15-29/h4-11,16H,12-15H2,1-3H3,(H,27,30). The van der Waals surface area contributed by atoms with Crippen molar-refractivity contribution in [2.75, 3.05) is 43.4 Å². The Bertz CT molecular complexity index is 1040. The van der Waals surface area contributed by atoms with Crippen LogP contribution in [0.2, 0.25) is 0 Å². The zero-order valence-corrected chi connectivity index (χ0v) is 17.7. The van der Waals surface area contributed by atoms with Gasteiger partial charge in [-0.05, 0) is 62.9 Å². The van der Waals surface area contributed by atoms with E-state index in [1.807, 2.05) is 62.4 Å². The molecule has 1 amide bonds. The van der Waals surface area contributed by atoms with Gasteiger partial charge < -0.3 is 15.1 Å². The number of nitrogens with one attached hydrogen (secondary N) is 1. The van der Waals surface area contributed by atoms with Gasteiger partial charge in [0.1, 0.15) is 5.82 Å². The number of benzene rings is 1. The van der Waals surface area contributed by atoms with Crippen LogP contribution >= 0.6 is 0 Å².